The van der Waals surface area contributed by atoms with Crippen molar-refractivity contribution in [3.05, 3.63) is 45.4 Å². The minimum atomic E-state index is -0.304. The number of anilines is 1. The highest BCUT2D eigenvalue weighted by Crippen LogP contribution is 2.23. The summed E-state index contributed by atoms with van der Waals surface area (Å²) < 4.78 is 0. The molecule has 2 aromatic rings. The van der Waals surface area contributed by atoms with E-state index in [9.17, 15) is 4.79 Å². The Bertz CT molecular complexity index is 598. The van der Waals surface area contributed by atoms with Crippen LogP contribution in [-0.4, -0.2) is 15.9 Å². The van der Waals surface area contributed by atoms with Gasteiger partial charge in [0.05, 0.1) is 16.2 Å². The van der Waals surface area contributed by atoms with E-state index < -0.39 is 0 Å². The second kappa shape index (κ2) is 5.43. The average molecular weight is 298 g/mol. The number of halogens is 1. The number of benzene rings is 1. The molecule has 0 unspecified atom stereocenters. The molecule has 1 heterocycles. The maximum Gasteiger partial charge on any atom is 0.275 e. The molecule has 0 aliphatic rings. The Hall–Kier alpha value is -1.50. The van der Waals surface area contributed by atoms with Gasteiger partial charge in [0.2, 0.25) is 0 Å². The maximum atomic E-state index is 11.8. The van der Waals surface area contributed by atoms with Crippen LogP contribution in [0, 0.1) is 0 Å². The lowest BCUT2D eigenvalue weighted by molar-refractivity contribution is 0.102. The third kappa shape index (κ3) is 2.84. The van der Waals surface area contributed by atoms with Crippen molar-refractivity contribution in [1.29, 1.82) is 0 Å². The Morgan fingerprint density at radius 2 is 2.28 bits per heavy atom. The largest absolute Gasteiger partial charge is 0.389 e. The first-order valence-electron chi connectivity index (χ1n) is 4.87. The van der Waals surface area contributed by atoms with E-state index in [2.05, 4.69) is 10.3 Å². The predicted octanol–water partition coefficient (Wildman–Crippen LogP) is 2.68. The van der Waals surface area contributed by atoms with Crippen molar-refractivity contribution in [2.75, 3.05) is 5.32 Å². The second-order valence-corrected chi connectivity index (χ2v) is 4.95. The Balaban J connectivity index is 2.20. The summed E-state index contributed by atoms with van der Waals surface area (Å²) in [6.07, 6.45) is 0. The molecule has 0 aliphatic carbocycles. The smallest absolute Gasteiger partial charge is 0.275 e. The van der Waals surface area contributed by atoms with Crippen molar-refractivity contribution < 1.29 is 4.79 Å². The van der Waals surface area contributed by atoms with Gasteiger partial charge in [0.25, 0.3) is 5.91 Å². The number of hydrogen-bond donors (Lipinski definition) is 2. The number of hydrogen-bond acceptors (Lipinski definition) is 4. The molecule has 0 saturated heterocycles. The number of rotatable bonds is 3. The van der Waals surface area contributed by atoms with Gasteiger partial charge in [-0.2, -0.15) is 0 Å². The summed E-state index contributed by atoms with van der Waals surface area (Å²) in [5.74, 6) is -0.304. The number of thiazole rings is 1. The van der Waals surface area contributed by atoms with Crippen LogP contribution in [0.25, 0.3) is 0 Å². The van der Waals surface area contributed by atoms with Crippen molar-refractivity contribution in [1.82, 2.24) is 4.98 Å². The zero-order valence-corrected chi connectivity index (χ0v) is 11.4. The summed E-state index contributed by atoms with van der Waals surface area (Å²) in [7, 11) is 0. The van der Waals surface area contributed by atoms with Gasteiger partial charge in [0, 0.05) is 10.9 Å². The molecule has 0 bridgehead atoms. The molecule has 0 atom stereocenters. The molecule has 1 amide bonds. The average Bonchev–Trinajstić information content (AvgIpc) is 2.85. The minimum absolute atomic E-state index is 0.259. The predicted molar refractivity (Wildman–Crippen MR) is 77.4 cm³/mol. The van der Waals surface area contributed by atoms with E-state index in [0.717, 1.165) is 0 Å². The summed E-state index contributed by atoms with van der Waals surface area (Å²) in [4.78, 5) is 15.9. The summed E-state index contributed by atoms with van der Waals surface area (Å²) >= 11 is 12.2. The summed E-state index contributed by atoms with van der Waals surface area (Å²) in [6, 6.07) is 4.96. The molecule has 7 heteroatoms. The fourth-order valence-corrected chi connectivity index (χ4v) is 2.17. The van der Waals surface area contributed by atoms with Crippen LogP contribution < -0.4 is 11.1 Å². The molecule has 0 saturated carbocycles. The lowest BCUT2D eigenvalue weighted by Crippen LogP contribution is -2.13. The first kappa shape index (κ1) is 12.9. The Labute approximate surface area is 118 Å². The number of carbonyl (C=O) groups is 1. The SMILES string of the molecule is NC(=S)c1ccc(NC(=O)c2cscn2)c(Cl)c1. The molecule has 4 nitrogen and oxygen atoms in total. The van der Waals surface area contributed by atoms with Crippen LogP contribution in [-0.2, 0) is 0 Å². The van der Waals surface area contributed by atoms with E-state index in [0.29, 0.717) is 22.0 Å². The number of thiocarbonyl (C=S) groups is 1. The maximum absolute atomic E-state index is 11.8. The number of aromatic nitrogens is 1. The fraction of sp³-hybridized carbons (Fsp3) is 0. The molecular weight excluding hydrogens is 290 g/mol. The van der Waals surface area contributed by atoms with Crippen LogP contribution in [0.15, 0.2) is 29.1 Å². The highest BCUT2D eigenvalue weighted by atomic mass is 35.5. The Kier molecular flexibility index (Phi) is 3.90. The van der Waals surface area contributed by atoms with Crippen LogP contribution in [0.3, 0.4) is 0 Å². The lowest BCUT2D eigenvalue weighted by Gasteiger charge is -2.07. The molecule has 1 aromatic heterocycles. The van der Waals surface area contributed by atoms with Crippen LogP contribution in [0.1, 0.15) is 16.1 Å². The summed E-state index contributed by atoms with van der Waals surface area (Å²) in [5, 5.41) is 4.71. The second-order valence-electron chi connectivity index (χ2n) is 3.39. The van der Waals surface area contributed by atoms with Crippen LogP contribution in [0.5, 0.6) is 0 Å². The molecule has 3 N–H and O–H groups in total. The number of amides is 1. The normalized spacial score (nSPS) is 10.1. The van der Waals surface area contributed by atoms with Crippen molar-refractivity contribution in [3.63, 3.8) is 0 Å². The summed E-state index contributed by atoms with van der Waals surface area (Å²) in [6.45, 7) is 0. The zero-order valence-electron chi connectivity index (χ0n) is 9.01. The van der Waals surface area contributed by atoms with Gasteiger partial charge in [-0.3, -0.25) is 4.79 Å². The fourth-order valence-electron chi connectivity index (χ4n) is 1.28. The summed E-state index contributed by atoms with van der Waals surface area (Å²) in [5.41, 5.74) is 8.58. The highest BCUT2D eigenvalue weighted by Gasteiger charge is 2.10. The van der Waals surface area contributed by atoms with Crippen LogP contribution in [0.2, 0.25) is 5.02 Å². The topological polar surface area (TPSA) is 68.0 Å². The Morgan fingerprint density at radius 1 is 1.50 bits per heavy atom. The van der Waals surface area contributed by atoms with Crippen molar-refractivity contribution in [3.8, 4) is 0 Å². The van der Waals surface area contributed by atoms with Gasteiger partial charge in [0.1, 0.15) is 10.7 Å². The molecule has 0 spiro atoms. The molecule has 1 aromatic carbocycles. The van der Waals surface area contributed by atoms with E-state index in [4.69, 9.17) is 29.6 Å². The van der Waals surface area contributed by atoms with Gasteiger partial charge < -0.3 is 11.1 Å². The Morgan fingerprint density at radius 3 is 2.83 bits per heavy atom. The molecule has 0 radical (unpaired) electrons. The van der Waals surface area contributed by atoms with Crippen molar-refractivity contribution in [2.24, 2.45) is 5.73 Å². The van der Waals surface area contributed by atoms with Gasteiger partial charge in [-0.05, 0) is 18.2 Å². The van der Waals surface area contributed by atoms with Gasteiger partial charge in [-0.25, -0.2) is 4.98 Å². The van der Waals surface area contributed by atoms with E-state index in [1.165, 1.54) is 11.3 Å². The molecule has 0 aliphatic heterocycles. The van der Waals surface area contributed by atoms with Crippen LogP contribution >= 0.6 is 35.2 Å². The monoisotopic (exact) mass is 297 g/mol. The van der Waals surface area contributed by atoms with E-state index >= 15 is 0 Å². The van der Waals surface area contributed by atoms with Gasteiger partial charge >= 0.3 is 0 Å². The van der Waals surface area contributed by atoms with Crippen molar-refractivity contribution in [2.45, 2.75) is 0 Å². The van der Waals surface area contributed by atoms with E-state index in [-0.39, 0.29) is 10.9 Å². The third-order valence-corrected chi connectivity index (χ3v) is 3.30. The minimum Gasteiger partial charge on any atom is -0.389 e. The number of nitrogens with one attached hydrogen (secondary N) is 1. The molecule has 0 fully saturated rings. The van der Waals surface area contributed by atoms with Gasteiger partial charge in [-0.1, -0.05) is 23.8 Å². The van der Waals surface area contributed by atoms with E-state index in [1.807, 2.05) is 0 Å². The highest BCUT2D eigenvalue weighted by molar-refractivity contribution is 7.80. The van der Waals surface area contributed by atoms with E-state index in [1.54, 1.807) is 29.1 Å². The first-order valence-corrected chi connectivity index (χ1v) is 6.59. The third-order valence-electron chi connectivity index (χ3n) is 2.17. The molecule has 92 valence electrons. The quantitative estimate of drug-likeness (QED) is 0.855. The lowest BCUT2D eigenvalue weighted by atomic mass is 10.2. The number of carbonyl (C=O) groups excluding carboxylic acids is 1. The molecule has 18 heavy (non-hydrogen) atoms. The molecular formula is C11H8ClN3OS2. The first-order chi connectivity index (χ1) is 8.58. The molecule has 2 rings (SSSR count). The standard InChI is InChI=1S/C11H8ClN3OS2/c12-7-3-6(10(13)17)1-2-8(7)15-11(16)9-4-18-5-14-9/h1-5H,(H2,13,17)(H,15,16). The van der Waals surface area contributed by atoms with Crippen LogP contribution in [0.4, 0.5) is 5.69 Å². The number of nitrogens with zero attached hydrogens (tertiary/aromatic N) is 1. The van der Waals surface area contributed by atoms with Crippen molar-refractivity contribution >= 4 is 51.7 Å². The number of nitrogens with two attached hydrogens (primary N) is 1. The van der Waals surface area contributed by atoms with Gasteiger partial charge in [-0.15, -0.1) is 11.3 Å². The zero-order chi connectivity index (χ0) is 13.1. The van der Waals surface area contributed by atoms with Gasteiger partial charge in [0.15, 0.2) is 0 Å².